The molecule has 0 spiro atoms. The molecule has 2 rings (SSSR count). The van der Waals surface area contributed by atoms with E-state index < -0.39 is 12.0 Å². The minimum absolute atomic E-state index is 0.0611. The van der Waals surface area contributed by atoms with Crippen molar-refractivity contribution in [2.75, 3.05) is 12.9 Å². The van der Waals surface area contributed by atoms with E-state index in [2.05, 4.69) is 5.32 Å². The summed E-state index contributed by atoms with van der Waals surface area (Å²) in [5.41, 5.74) is 0.651. The largest absolute Gasteiger partial charge is 0.504 e. The van der Waals surface area contributed by atoms with E-state index >= 15 is 0 Å². The van der Waals surface area contributed by atoms with E-state index in [1.165, 1.54) is 18.9 Å². The lowest BCUT2D eigenvalue weighted by Gasteiger charge is -2.14. The number of phenolic OH excluding ortho intramolecular Hbond substituents is 1. The van der Waals surface area contributed by atoms with Crippen LogP contribution in [0.4, 0.5) is 0 Å². The number of rotatable bonds is 3. The fraction of sp³-hybridized carbons (Fsp3) is 0.364. The zero-order valence-corrected chi connectivity index (χ0v) is 10.0. The minimum atomic E-state index is -0.873. The summed E-state index contributed by atoms with van der Waals surface area (Å²) in [6.07, 6.45) is 0. The molecule has 0 amide bonds. The number of hydrogen-bond acceptors (Lipinski definition) is 5. The van der Waals surface area contributed by atoms with Crippen molar-refractivity contribution >= 4 is 17.7 Å². The zero-order valence-electron chi connectivity index (χ0n) is 9.21. The molecule has 1 aliphatic heterocycles. The second kappa shape index (κ2) is 4.85. The van der Waals surface area contributed by atoms with Gasteiger partial charge >= 0.3 is 5.97 Å². The summed E-state index contributed by atoms with van der Waals surface area (Å²) >= 11 is 1.46. The lowest BCUT2D eigenvalue weighted by molar-refractivity contribution is -0.138. The van der Waals surface area contributed by atoms with Crippen LogP contribution >= 0.6 is 11.8 Å². The molecule has 1 heterocycles. The van der Waals surface area contributed by atoms with Gasteiger partial charge in [-0.3, -0.25) is 10.1 Å². The van der Waals surface area contributed by atoms with Gasteiger partial charge in [0.2, 0.25) is 0 Å². The molecule has 5 nitrogen and oxygen atoms in total. The minimum Gasteiger partial charge on any atom is -0.504 e. The lowest BCUT2D eigenvalue weighted by atomic mass is 10.1. The average molecular weight is 255 g/mol. The Kier molecular flexibility index (Phi) is 3.44. The number of para-hydroxylation sites is 1. The molecule has 0 radical (unpaired) electrons. The van der Waals surface area contributed by atoms with Crippen LogP contribution in [0, 0.1) is 0 Å². The fourth-order valence-corrected chi connectivity index (χ4v) is 2.96. The van der Waals surface area contributed by atoms with Gasteiger partial charge in [-0.05, 0) is 6.07 Å². The third-order valence-corrected chi connectivity index (χ3v) is 3.86. The Hall–Kier alpha value is -1.40. The normalized spacial score (nSPS) is 23.6. The van der Waals surface area contributed by atoms with Gasteiger partial charge in [-0.25, -0.2) is 0 Å². The number of carbonyl (C=O) groups is 1. The number of aromatic hydroxyl groups is 1. The van der Waals surface area contributed by atoms with E-state index in [0.29, 0.717) is 17.1 Å². The van der Waals surface area contributed by atoms with Crippen LogP contribution < -0.4 is 10.1 Å². The van der Waals surface area contributed by atoms with Crippen molar-refractivity contribution in [3.63, 3.8) is 0 Å². The molecule has 6 heteroatoms. The van der Waals surface area contributed by atoms with Gasteiger partial charge in [0.05, 0.1) is 12.5 Å². The zero-order chi connectivity index (χ0) is 12.4. The first-order valence-corrected chi connectivity index (χ1v) is 6.14. The number of thioether (sulfide) groups is 1. The first-order valence-electron chi connectivity index (χ1n) is 5.10. The van der Waals surface area contributed by atoms with Gasteiger partial charge in [0.25, 0.3) is 0 Å². The summed E-state index contributed by atoms with van der Waals surface area (Å²) in [6.45, 7) is 0. The van der Waals surface area contributed by atoms with Crippen LogP contribution in [-0.4, -0.2) is 35.1 Å². The van der Waals surface area contributed by atoms with Crippen molar-refractivity contribution in [2.24, 2.45) is 0 Å². The summed E-state index contributed by atoms with van der Waals surface area (Å²) in [6, 6.07) is 4.61. The molecule has 0 aliphatic carbocycles. The molecule has 17 heavy (non-hydrogen) atoms. The van der Waals surface area contributed by atoms with Gasteiger partial charge in [0.15, 0.2) is 11.5 Å². The number of carboxylic acids is 1. The molecule has 3 N–H and O–H groups in total. The molecule has 1 aromatic carbocycles. The third kappa shape index (κ3) is 2.32. The Bertz CT molecular complexity index is 437. The molecule has 2 atom stereocenters. The summed E-state index contributed by atoms with van der Waals surface area (Å²) in [5.74, 6) is 0.0634. The van der Waals surface area contributed by atoms with E-state index in [0.717, 1.165) is 0 Å². The topological polar surface area (TPSA) is 78.8 Å². The Balaban J connectivity index is 2.22. The predicted octanol–water partition coefficient (Wildman–Crippen LogP) is 1.19. The van der Waals surface area contributed by atoms with Crippen molar-refractivity contribution in [1.82, 2.24) is 5.32 Å². The maximum absolute atomic E-state index is 10.8. The average Bonchev–Trinajstić information content (AvgIpc) is 2.78. The van der Waals surface area contributed by atoms with E-state index in [9.17, 15) is 9.90 Å². The highest BCUT2D eigenvalue weighted by atomic mass is 32.2. The highest BCUT2D eigenvalue weighted by Gasteiger charge is 2.32. The van der Waals surface area contributed by atoms with Gasteiger partial charge in [-0.2, -0.15) is 0 Å². The number of methoxy groups -OCH3 is 1. The smallest absolute Gasteiger partial charge is 0.321 e. The molecular formula is C11H13NO4S. The number of benzene rings is 1. The second-order valence-electron chi connectivity index (χ2n) is 3.67. The van der Waals surface area contributed by atoms with Crippen LogP contribution in [0.2, 0.25) is 0 Å². The highest BCUT2D eigenvalue weighted by molar-refractivity contribution is 7.99. The van der Waals surface area contributed by atoms with E-state index in [1.54, 1.807) is 18.2 Å². The maximum Gasteiger partial charge on any atom is 0.321 e. The quantitative estimate of drug-likeness (QED) is 0.753. The number of carboxylic acid groups (broad SMARTS) is 1. The Morgan fingerprint density at radius 2 is 2.35 bits per heavy atom. The number of hydrogen-bond donors (Lipinski definition) is 3. The van der Waals surface area contributed by atoms with Crippen LogP contribution in [-0.2, 0) is 4.79 Å². The van der Waals surface area contributed by atoms with Crippen molar-refractivity contribution in [2.45, 2.75) is 11.4 Å². The van der Waals surface area contributed by atoms with Gasteiger partial charge in [0, 0.05) is 11.3 Å². The molecule has 0 aromatic heterocycles. The highest BCUT2D eigenvalue weighted by Crippen LogP contribution is 2.41. The van der Waals surface area contributed by atoms with E-state index in [4.69, 9.17) is 9.84 Å². The first-order chi connectivity index (χ1) is 8.13. The Morgan fingerprint density at radius 3 is 2.94 bits per heavy atom. The molecule has 0 bridgehead atoms. The van der Waals surface area contributed by atoms with Gasteiger partial charge < -0.3 is 14.9 Å². The Labute approximate surface area is 103 Å². The van der Waals surface area contributed by atoms with E-state index in [1.807, 2.05) is 0 Å². The first kappa shape index (κ1) is 12.1. The second-order valence-corrected chi connectivity index (χ2v) is 4.81. The van der Waals surface area contributed by atoms with Crippen molar-refractivity contribution in [3.8, 4) is 11.5 Å². The number of phenols is 1. The molecule has 1 unspecified atom stereocenters. The SMILES string of the molecule is COc1cccc(C2N[C@@H](C(=O)O)CS2)c1O. The Morgan fingerprint density at radius 1 is 1.59 bits per heavy atom. The summed E-state index contributed by atoms with van der Waals surface area (Å²) in [5, 5.41) is 21.6. The molecule has 92 valence electrons. The third-order valence-electron chi connectivity index (χ3n) is 2.61. The molecule has 1 saturated heterocycles. The monoisotopic (exact) mass is 255 g/mol. The van der Waals surface area contributed by atoms with E-state index in [-0.39, 0.29) is 11.1 Å². The van der Waals surface area contributed by atoms with Gasteiger partial charge in [-0.1, -0.05) is 12.1 Å². The molecule has 1 fully saturated rings. The van der Waals surface area contributed by atoms with Gasteiger partial charge in [-0.15, -0.1) is 11.8 Å². The number of ether oxygens (including phenoxy) is 1. The standard InChI is InChI=1S/C11H13NO4S/c1-16-8-4-2-3-6(9(8)13)10-12-7(5-17-10)11(14)15/h2-4,7,10,12-13H,5H2,1H3,(H,14,15)/t7-,10?/m1/s1. The van der Waals surface area contributed by atoms with Crippen molar-refractivity contribution in [1.29, 1.82) is 0 Å². The van der Waals surface area contributed by atoms with Crippen molar-refractivity contribution < 1.29 is 19.7 Å². The van der Waals surface area contributed by atoms with Crippen LogP contribution in [0.25, 0.3) is 0 Å². The van der Waals surface area contributed by atoms with Crippen LogP contribution in [0.5, 0.6) is 11.5 Å². The van der Waals surface area contributed by atoms with Crippen LogP contribution in [0.3, 0.4) is 0 Å². The predicted molar refractivity (Wildman–Crippen MR) is 64.4 cm³/mol. The fourth-order valence-electron chi connectivity index (χ4n) is 1.71. The van der Waals surface area contributed by atoms with Crippen molar-refractivity contribution in [3.05, 3.63) is 23.8 Å². The summed E-state index contributed by atoms with van der Waals surface area (Å²) < 4.78 is 5.02. The van der Waals surface area contributed by atoms with Crippen LogP contribution in [0.1, 0.15) is 10.9 Å². The maximum atomic E-state index is 10.8. The molecule has 0 saturated carbocycles. The molecular weight excluding hydrogens is 242 g/mol. The molecule has 1 aliphatic rings. The number of aliphatic carboxylic acids is 1. The van der Waals surface area contributed by atoms with Gasteiger partial charge in [0.1, 0.15) is 6.04 Å². The molecule has 1 aromatic rings. The summed E-state index contributed by atoms with van der Waals surface area (Å²) in [7, 11) is 1.48. The van der Waals surface area contributed by atoms with Crippen LogP contribution in [0.15, 0.2) is 18.2 Å². The number of nitrogens with one attached hydrogen (secondary N) is 1. The summed E-state index contributed by atoms with van der Waals surface area (Å²) in [4.78, 5) is 10.8. The lowest BCUT2D eigenvalue weighted by Crippen LogP contribution is -2.33.